The number of nitrogens with zero attached hydrogens (tertiary/aromatic N) is 2. The maximum Gasteiger partial charge on any atom is 0.149 e. The van der Waals surface area contributed by atoms with E-state index in [9.17, 15) is 5.11 Å². The largest absolute Gasteiger partial charge is 0.394 e. The molecule has 104 valence electrons. The molecule has 0 aliphatic carbocycles. The van der Waals surface area contributed by atoms with Crippen LogP contribution in [-0.4, -0.2) is 33.9 Å². The van der Waals surface area contributed by atoms with Gasteiger partial charge in [0.25, 0.3) is 0 Å². The zero-order valence-corrected chi connectivity index (χ0v) is 12.3. The van der Waals surface area contributed by atoms with Gasteiger partial charge in [-0.05, 0) is 38.3 Å². The number of likely N-dealkylation sites (N-methyl/N-ethyl adjacent to an activating group) is 1. The Balaban J connectivity index is 1.96. The third-order valence-corrected chi connectivity index (χ3v) is 4.40. The van der Waals surface area contributed by atoms with Crippen LogP contribution in [0.3, 0.4) is 0 Å². The average molecular weight is 279 g/mol. The molecule has 0 saturated carbocycles. The Morgan fingerprint density at radius 2 is 2.37 bits per heavy atom. The number of thiophene rings is 1. The summed E-state index contributed by atoms with van der Waals surface area (Å²) in [5.74, 6) is 1.03. The van der Waals surface area contributed by atoms with Gasteiger partial charge in [-0.2, -0.15) is 0 Å². The van der Waals surface area contributed by atoms with E-state index in [-0.39, 0.29) is 12.1 Å². The Kier molecular flexibility index (Phi) is 4.74. The number of nitrogens with one attached hydrogen (secondary N) is 1. The van der Waals surface area contributed by atoms with E-state index in [2.05, 4.69) is 26.3 Å². The van der Waals surface area contributed by atoms with Gasteiger partial charge in [-0.15, -0.1) is 11.3 Å². The summed E-state index contributed by atoms with van der Waals surface area (Å²) in [6.45, 7) is 3.12. The molecule has 0 radical (unpaired) electrons. The van der Waals surface area contributed by atoms with Crippen molar-refractivity contribution in [2.75, 3.05) is 13.7 Å². The molecule has 0 aliphatic rings. The van der Waals surface area contributed by atoms with Gasteiger partial charge in [-0.25, -0.2) is 4.98 Å². The van der Waals surface area contributed by atoms with E-state index >= 15 is 0 Å². The monoisotopic (exact) mass is 279 g/mol. The SMILES string of the molecule is CNC(C)(CO)CCCn1ccnc1-c1cccs1. The fourth-order valence-corrected chi connectivity index (χ4v) is 2.78. The Morgan fingerprint density at radius 3 is 3.00 bits per heavy atom. The molecule has 19 heavy (non-hydrogen) atoms. The Hall–Kier alpha value is -1.17. The normalized spacial score (nSPS) is 14.5. The summed E-state index contributed by atoms with van der Waals surface area (Å²) in [6.07, 6.45) is 5.80. The first kappa shape index (κ1) is 14.2. The predicted molar refractivity (Wildman–Crippen MR) is 79.3 cm³/mol. The average Bonchev–Trinajstić information content (AvgIpc) is 3.08. The van der Waals surface area contributed by atoms with Crippen LogP contribution < -0.4 is 5.32 Å². The van der Waals surface area contributed by atoms with Crippen molar-refractivity contribution in [3.8, 4) is 10.7 Å². The summed E-state index contributed by atoms with van der Waals surface area (Å²) in [7, 11) is 1.89. The Labute approximate surface area is 118 Å². The lowest BCUT2D eigenvalue weighted by atomic mass is 9.97. The topological polar surface area (TPSA) is 50.1 Å². The third-order valence-electron chi connectivity index (χ3n) is 3.54. The van der Waals surface area contributed by atoms with Crippen molar-refractivity contribution in [3.63, 3.8) is 0 Å². The fraction of sp³-hybridized carbons (Fsp3) is 0.500. The number of aliphatic hydroxyl groups is 1. The van der Waals surface area contributed by atoms with Crippen LogP contribution in [0.5, 0.6) is 0 Å². The number of hydrogen-bond acceptors (Lipinski definition) is 4. The molecule has 5 heteroatoms. The van der Waals surface area contributed by atoms with Crippen LogP contribution in [-0.2, 0) is 6.54 Å². The molecule has 0 fully saturated rings. The van der Waals surface area contributed by atoms with E-state index < -0.39 is 0 Å². The molecule has 2 aromatic rings. The first-order valence-electron chi connectivity index (χ1n) is 6.53. The zero-order chi connectivity index (χ0) is 13.7. The first-order chi connectivity index (χ1) is 9.18. The number of aromatic nitrogens is 2. The fourth-order valence-electron chi connectivity index (χ4n) is 2.04. The predicted octanol–water partition coefficient (Wildman–Crippen LogP) is 2.36. The van der Waals surface area contributed by atoms with Gasteiger partial charge in [0.1, 0.15) is 5.82 Å². The molecular weight excluding hydrogens is 258 g/mol. The summed E-state index contributed by atoms with van der Waals surface area (Å²) >= 11 is 1.71. The molecule has 0 spiro atoms. The van der Waals surface area contributed by atoms with Crippen LogP contribution in [0.1, 0.15) is 19.8 Å². The number of imidazole rings is 1. The van der Waals surface area contributed by atoms with Gasteiger partial charge in [0, 0.05) is 24.5 Å². The molecule has 0 aliphatic heterocycles. The molecular formula is C14H21N3OS. The molecule has 2 rings (SSSR count). The Bertz CT molecular complexity index is 489. The van der Waals surface area contributed by atoms with Crippen LogP contribution in [0, 0.1) is 0 Å². The standard InChI is InChI=1S/C14H21N3OS/c1-14(11-18,15-2)6-4-8-17-9-7-16-13(17)12-5-3-10-19-12/h3,5,7,9-10,15,18H,4,6,8,11H2,1-2H3. The van der Waals surface area contributed by atoms with Crippen molar-refractivity contribution < 1.29 is 5.11 Å². The second-order valence-corrected chi connectivity index (χ2v) is 5.94. The van der Waals surface area contributed by atoms with Gasteiger partial charge < -0.3 is 15.0 Å². The summed E-state index contributed by atoms with van der Waals surface area (Å²) < 4.78 is 2.18. The Morgan fingerprint density at radius 1 is 1.53 bits per heavy atom. The van der Waals surface area contributed by atoms with Crippen LogP contribution >= 0.6 is 11.3 Å². The summed E-state index contributed by atoms with van der Waals surface area (Å²) in [6, 6.07) is 4.14. The highest BCUT2D eigenvalue weighted by Gasteiger charge is 2.20. The van der Waals surface area contributed by atoms with E-state index in [0.29, 0.717) is 0 Å². The lowest BCUT2D eigenvalue weighted by Gasteiger charge is -2.26. The summed E-state index contributed by atoms with van der Waals surface area (Å²) in [5.41, 5.74) is -0.191. The van der Waals surface area contributed by atoms with E-state index in [1.54, 1.807) is 11.3 Å². The minimum absolute atomic E-state index is 0.158. The first-order valence-corrected chi connectivity index (χ1v) is 7.41. The highest BCUT2D eigenvalue weighted by molar-refractivity contribution is 7.13. The van der Waals surface area contributed by atoms with Gasteiger partial charge in [-0.1, -0.05) is 6.07 Å². The van der Waals surface area contributed by atoms with Crippen LogP contribution in [0.2, 0.25) is 0 Å². The maximum atomic E-state index is 9.37. The minimum atomic E-state index is -0.191. The van der Waals surface area contributed by atoms with Gasteiger partial charge in [0.2, 0.25) is 0 Å². The molecule has 0 amide bonds. The van der Waals surface area contributed by atoms with Gasteiger partial charge in [-0.3, -0.25) is 0 Å². The van der Waals surface area contributed by atoms with Crippen molar-refractivity contribution >= 4 is 11.3 Å². The van der Waals surface area contributed by atoms with E-state index in [4.69, 9.17) is 0 Å². The molecule has 2 heterocycles. The van der Waals surface area contributed by atoms with Crippen LogP contribution in [0.25, 0.3) is 10.7 Å². The lowest BCUT2D eigenvalue weighted by molar-refractivity contribution is 0.170. The van der Waals surface area contributed by atoms with Gasteiger partial charge in [0.05, 0.1) is 11.5 Å². The second kappa shape index (κ2) is 6.32. The van der Waals surface area contributed by atoms with Crippen LogP contribution in [0.15, 0.2) is 29.9 Å². The van der Waals surface area contributed by atoms with Crippen molar-refractivity contribution in [3.05, 3.63) is 29.9 Å². The van der Waals surface area contributed by atoms with Gasteiger partial charge in [0.15, 0.2) is 0 Å². The van der Waals surface area contributed by atoms with Crippen molar-refractivity contribution in [1.29, 1.82) is 0 Å². The molecule has 1 atom stereocenters. The molecule has 4 nitrogen and oxygen atoms in total. The quantitative estimate of drug-likeness (QED) is 0.818. The molecule has 1 unspecified atom stereocenters. The zero-order valence-electron chi connectivity index (χ0n) is 11.5. The molecule has 0 bridgehead atoms. The molecule has 2 aromatic heterocycles. The van der Waals surface area contributed by atoms with Crippen LogP contribution in [0.4, 0.5) is 0 Å². The third kappa shape index (κ3) is 3.43. The number of rotatable bonds is 7. The van der Waals surface area contributed by atoms with Crippen molar-refractivity contribution in [1.82, 2.24) is 14.9 Å². The van der Waals surface area contributed by atoms with Crippen molar-refractivity contribution in [2.45, 2.75) is 31.8 Å². The van der Waals surface area contributed by atoms with E-state index in [0.717, 1.165) is 25.2 Å². The second-order valence-electron chi connectivity index (χ2n) is 4.99. The van der Waals surface area contributed by atoms with Gasteiger partial charge >= 0.3 is 0 Å². The number of aliphatic hydroxyl groups excluding tert-OH is 1. The lowest BCUT2D eigenvalue weighted by Crippen LogP contribution is -2.43. The maximum absolute atomic E-state index is 9.37. The van der Waals surface area contributed by atoms with E-state index in [1.165, 1.54) is 4.88 Å². The van der Waals surface area contributed by atoms with Crippen molar-refractivity contribution in [2.24, 2.45) is 0 Å². The number of aryl methyl sites for hydroxylation is 1. The molecule has 0 saturated heterocycles. The smallest absolute Gasteiger partial charge is 0.149 e. The molecule has 2 N–H and O–H groups in total. The summed E-state index contributed by atoms with van der Waals surface area (Å²) in [5, 5.41) is 14.6. The minimum Gasteiger partial charge on any atom is -0.394 e. The number of hydrogen-bond donors (Lipinski definition) is 2. The summed E-state index contributed by atoms with van der Waals surface area (Å²) in [4.78, 5) is 5.62. The highest BCUT2D eigenvalue weighted by Crippen LogP contribution is 2.23. The molecule has 0 aromatic carbocycles. The highest BCUT2D eigenvalue weighted by atomic mass is 32.1. The van der Waals surface area contributed by atoms with E-state index in [1.807, 2.05) is 32.4 Å².